The largest absolute Gasteiger partial charge is 0.508 e. The summed E-state index contributed by atoms with van der Waals surface area (Å²) < 4.78 is 10.7. The highest BCUT2D eigenvalue weighted by Gasteiger charge is 2.22. The summed E-state index contributed by atoms with van der Waals surface area (Å²) in [6, 6.07) is 11.1. The Bertz CT molecular complexity index is 2070. The van der Waals surface area contributed by atoms with E-state index >= 15 is 0 Å². The van der Waals surface area contributed by atoms with Gasteiger partial charge in [0.05, 0.1) is 11.1 Å². The molecular weight excluding hydrogens is 584 g/mol. The third-order valence-electron chi connectivity index (χ3n) is 6.32. The van der Waals surface area contributed by atoms with Crippen LogP contribution in [0.15, 0.2) is 79.1 Å². The van der Waals surface area contributed by atoms with Crippen LogP contribution in [0.1, 0.15) is 0 Å². The number of fused-ring (bicyclic) bond motifs is 2. The summed E-state index contributed by atoms with van der Waals surface area (Å²) in [4.78, 5) is 24.3. The van der Waals surface area contributed by atoms with Crippen LogP contribution in [-0.2, 0) is 0 Å². The highest BCUT2D eigenvalue weighted by molar-refractivity contribution is 5.89. The molecule has 0 saturated carbocycles. The molecule has 0 aliphatic heterocycles. The zero-order valence-corrected chi connectivity index (χ0v) is 21.9. The molecular formula is C30H20O14. The summed E-state index contributed by atoms with van der Waals surface area (Å²) in [5.41, 5.74) is -2.22. The van der Waals surface area contributed by atoms with Crippen LogP contribution in [0.2, 0.25) is 0 Å². The van der Waals surface area contributed by atoms with Gasteiger partial charge >= 0.3 is 0 Å². The Morgan fingerprint density at radius 1 is 0.409 bits per heavy atom. The summed E-state index contributed by atoms with van der Waals surface area (Å²) in [7, 11) is 0. The van der Waals surface area contributed by atoms with Crippen molar-refractivity contribution in [2.75, 3.05) is 0 Å². The normalized spacial score (nSPS) is 10.9. The van der Waals surface area contributed by atoms with Crippen molar-refractivity contribution in [2.24, 2.45) is 0 Å². The van der Waals surface area contributed by atoms with Gasteiger partial charge in [-0.1, -0.05) is 0 Å². The first-order valence-electron chi connectivity index (χ1n) is 12.2. The van der Waals surface area contributed by atoms with E-state index in [4.69, 9.17) is 8.83 Å². The van der Waals surface area contributed by atoms with Crippen molar-refractivity contribution in [3.8, 4) is 80.1 Å². The van der Waals surface area contributed by atoms with Gasteiger partial charge in [0, 0.05) is 36.4 Å². The first-order chi connectivity index (χ1) is 20.8. The Labute approximate surface area is 243 Å². The van der Waals surface area contributed by atoms with Crippen molar-refractivity contribution in [2.45, 2.75) is 0 Å². The maximum atomic E-state index is 12.2. The Morgan fingerprint density at radius 3 is 1.09 bits per heavy atom. The molecule has 14 nitrogen and oxygen atoms in total. The summed E-state index contributed by atoms with van der Waals surface area (Å²) >= 11 is 0. The van der Waals surface area contributed by atoms with E-state index in [1.165, 1.54) is 24.3 Å². The highest BCUT2D eigenvalue weighted by atomic mass is 16.4. The smallest absolute Gasteiger partial charge is 0.238 e. The molecule has 0 amide bonds. The summed E-state index contributed by atoms with van der Waals surface area (Å²) in [6.45, 7) is 0. The fourth-order valence-corrected chi connectivity index (χ4v) is 4.34. The molecule has 0 saturated heterocycles. The third kappa shape index (κ3) is 4.98. The minimum atomic E-state index is -0.916. The van der Waals surface area contributed by atoms with E-state index < -0.39 is 45.4 Å². The second-order valence-corrected chi connectivity index (χ2v) is 9.30. The summed E-state index contributed by atoms with van der Waals surface area (Å²) in [5, 5.41) is 95.8. The number of hydrogen-bond donors (Lipinski definition) is 10. The zero-order chi connectivity index (χ0) is 32.0. The molecule has 4 aromatic carbocycles. The van der Waals surface area contributed by atoms with Gasteiger partial charge in [0.25, 0.3) is 0 Å². The van der Waals surface area contributed by atoms with Crippen molar-refractivity contribution < 1.29 is 59.9 Å². The summed E-state index contributed by atoms with van der Waals surface area (Å²) in [5.74, 6) is -5.31. The highest BCUT2D eigenvalue weighted by Crippen LogP contribution is 2.41. The molecule has 10 N–H and O–H groups in total. The number of rotatable bonds is 2. The first kappa shape index (κ1) is 28.8. The monoisotopic (exact) mass is 604 g/mol. The van der Waals surface area contributed by atoms with Gasteiger partial charge in [0.1, 0.15) is 67.9 Å². The molecule has 224 valence electrons. The van der Waals surface area contributed by atoms with Gasteiger partial charge in [-0.15, -0.1) is 0 Å². The summed E-state index contributed by atoms with van der Waals surface area (Å²) in [6.07, 6.45) is 0. The van der Waals surface area contributed by atoms with E-state index in [1.807, 2.05) is 0 Å². The lowest BCUT2D eigenvalue weighted by Gasteiger charge is -2.09. The fourth-order valence-electron chi connectivity index (χ4n) is 4.34. The Balaban J connectivity index is 0.000000175. The Morgan fingerprint density at radius 2 is 0.750 bits per heavy atom. The molecule has 0 fully saturated rings. The lowest BCUT2D eigenvalue weighted by atomic mass is 10.1. The molecule has 0 aliphatic carbocycles. The first-order valence-corrected chi connectivity index (χ1v) is 12.2. The molecule has 0 spiro atoms. The molecule has 6 rings (SSSR count). The molecule has 6 aromatic rings. The molecule has 0 unspecified atom stereocenters. The van der Waals surface area contributed by atoms with Gasteiger partial charge in [0.2, 0.25) is 22.4 Å². The minimum absolute atomic E-state index is 0.0304. The predicted octanol–water partition coefficient (Wildman–Crippen LogP) is 3.98. The second-order valence-electron chi connectivity index (χ2n) is 9.30. The maximum Gasteiger partial charge on any atom is 0.238 e. The van der Waals surface area contributed by atoms with Crippen LogP contribution < -0.4 is 10.9 Å². The number of benzene rings is 4. The van der Waals surface area contributed by atoms with Crippen LogP contribution in [0.5, 0.6) is 57.5 Å². The van der Waals surface area contributed by atoms with Crippen molar-refractivity contribution in [1.82, 2.24) is 0 Å². The van der Waals surface area contributed by atoms with E-state index in [0.717, 1.165) is 36.4 Å². The second kappa shape index (κ2) is 10.6. The Hall–Kier alpha value is -6.70. The van der Waals surface area contributed by atoms with Crippen molar-refractivity contribution >= 4 is 21.9 Å². The van der Waals surface area contributed by atoms with Crippen LogP contribution >= 0.6 is 0 Å². The average Bonchev–Trinajstić information content (AvgIpc) is 2.93. The molecule has 0 aliphatic rings. The van der Waals surface area contributed by atoms with E-state index in [1.54, 1.807) is 0 Å². The van der Waals surface area contributed by atoms with Crippen molar-refractivity contribution in [3.63, 3.8) is 0 Å². The van der Waals surface area contributed by atoms with Gasteiger partial charge in [-0.05, 0) is 24.3 Å². The SMILES string of the molecule is O=c1c(O)c(-c2ccc(O)cc2O)oc2cc(O)cc(O)c12.O=c1c(O)c(-c2ccc(O)cc2O)oc2cc(O)cc(O)c12. The molecule has 0 radical (unpaired) electrons. The van der Waals surface area contributed by atoms with Crippen LogP contribution in [0.25, 0.3) is 44.6 Å². The fraction of sp³-hybridized carbons (Fsp3) is 0. The molecule has 2 heterocycles. The van der Waals surface area contributed by atoms with Crippen molar-refractivity contribution in [3.05, 3.63) is 81.1 Å². The van der Waals surface area contributed by atoms with Gasteiger partial charge < -0.3 is 59.9 Å². The molecule has 0 bridgehead atoms. The quantitative estimate of drug-likeness (QED) is 0.134. The molecule has 14 heteroatoms. The van der Waals surface area contributed by atoms with Crippen LogP contribution in [-0.4, -0.2) is 51.1 Å². The van der Waals surface area contributed by atoms with Crippen molar-refractivity contribution in [1.29, 1.82) is 0 Å². The lowest BCUT2D eigenvalue weighted by Crippen LogP contribution is -2.03. The van der Waals surface area contributed by atoms with E-state index in [0.29, 0.717) is 0 Å². The Kier molecular flexibility index (Phi) is 6.95. The van der Waals surface area contributed by atoms with Crippen LogP contribution in [0, 0.1) is 0 Å². The van der Waals surface area contributed by atoms with Crippen LogP contribution in [0.3, 0.4) is 0 Å². The maximum absolute atomic E-state index is 12.2. The minimum Gasteiger partial charge on any atom is -0.508 e. The molecule has 44 heavy (non-hydrogen) atoms. The lowest BCUT2D eigenvalue weighted by molar-refractivity contribution is 0.432. The number of phenolic OH excluding ortho intramolecular Hbond substituents is 8. The van der Waals surface area contributed by atoms with E-state index in [9.17, 15) is 60.7 Å². The number of hydrogen-bond acceptors (Lipinski definition) is 14. The van der Waals surface area contributed by atoms with Gasteiger partial charge in [-0.3, -0.25) is 9.59 Å². The standard InChI is InChI=1S/2C15H10O7/c2*16-6-1-2-8(9(18)3-6)15-14(21)13(20)12-10(19)4-7(17)5-11(12)22-15/h2*1-5,16-19,21H. The zero-order valence-electron chi connectivity index (χ0n) is 21.9. The van der Waals surface area contributed by atoms with Gasteiger partial charge in [-0.2, -0.15) is 0 Å². The van der Waals surface area contributed by atoms with Gasteiger partial charge in [-0.25, -0.2) is 0 Å². The molecule has 0 atom stereocenters. The molecule has 2 aromatic heterocycles. The van der Waals surface area contributed by atoms with Crippen LogP contribution in [0.4, 0.5) is 0 Å². The van der Waals surface area contributed by atoms with Gasteiger partial charge in [0.15, 0.2) is 11.5 Å². The third-order valence-corrected chi connectivity index (χ3v) is 6.32. The number of phenols is 8. The van der Waals surface area contributed by atoms with E-state index in [-0.39, 0.29) is 67.6 Å². The topological polar surface area (TPSA) is 263 Å². The number of aromatic hydroxyl groups is 10. The average molecular weight is 604 g/mol. The van der Waals surface area contributed by atoms with E-state index in [2.05, 4.69) is 0 Å². The predicted molar refractivity (Wildman–Crippen MR) is 152 cm³/mol.